The monoisotopic (exact) mass is 269 g/mol. The van der Waals surface area contributed by atoms with Gasteiger partial charge in [0.15, 0.2) is 0 Å². The Labute approximate surface area is 121 Å². The first kappa shape index (κ1) is 13.4. The second-order valence-electron chi connectivity index (χ2n) is 5.61. The van der Waals surface area contributed by atoms with Crippen LogP contribution in [0.4, 0.5) is 5.69 Å². The first-order valence-corrected chi connectivity index (χ1v) is 7.66. The zero-order valence-electron chi connectivity index (χ0n) is 12.3. The molecule has 3 nitrogen and oxygen atoms in total. The van der Waals surface area contributed by atoms with Crippen LogP contribution in [0.15, 0.2) is 36.5 Å². The molecule has 1 aliphatic heterocycles. The highest BCUT2D eigenvalue weighted by molar-refractivity contribution is 5.81. The second-order valence-corrected chi connectivity index (χ2v) is 5.61. The first-order valence-electron chi connectivity index (χ1n) is 7.66. The number of para-hydroxylation sites is 1. The number of benzene rings is 1. The molecule has 1 aromatic carbocycles. The van der Waals surface area contributed by atoms with Crippen molar-refractivity contribution in [2.75, 3.05) is 18.0 Å². The molecule has 1 N–H and O–H groups in total. The van der Waals surface area contributed by atoms with Gasteiger partial charge in [0.05, 0.1) is 17.4 Å². The maximum absolute atomic E-state index is 4.61. The largest absolute Gasteiger partial charge is 0.364 e. The van der Waals surface area contributed by atoms with Crippen LogP contribution in [0.3, 0.4) is 0 Å². The summed E-state index contributed by atoms with van der Waals surface area (Å²) in [5.41, 5.74) is 2.34. The Balaban J connectivity index is 1.94. The van der Waals surface area contributed by atoms with Crippen LogP contribution in [0.5, 0.6) is 0 Å². The highest BCUT2D eigenvalue weighted by atomic mass is 15.2. The number of fused-ring (bicyclic) bond motifs is 1. The fraction of sp³-hybridized carbons (Fsp3) is 0.471. The summed E-state index contributed by atoms with van der Waals surface area (Å²) in [5.74, 6) is 0. The van der Waals surface area contributed by atoms with E-state index in [0.717, 1.165) is 25.0 Å². The van der Waals surface area contributed by atoms with Crippen LogP contribution in [0, 0.1) is 0 Å². The van der Waals surface area contributed by atoms with Crippen molar-refractivity contribution in [1.29, 1.82) is 0 Å². The van der Waals surface area contributed by atoms with Crippen molar-refractivity contribution in [3.63, 3.8) is 0 Å². The summed E-state index contributed by atoms with van der Waals surface area (Å²) in [4.78, 5) is 7.15. The molecule has 3 rings (SSSR count). The molecule has 2 heterocycles. The van der Waals surface area contributed by atoms with E-state index in [4.69, 9.17) is 0 Å². The average molecular weight is 269 g/mol. The van der Waals surface area contributed by atoms with Gasteiger partial charge in [-0.2, -0.15) is 0 Å². The van der Waals surface area contributed by atoms with E-state index in [0.29, 0.717) is 12.1 Å². The summed E-state index contributed by atoms with van der Waals surface area (Å²) < 4.78 is 0. The van der Waals surface area contributed by atoms with E-state index in [1.54, 1.807) is 0 Å². The van der Waals surface area contributed by atoms with Gasteiger partial charge >= 0.3 is 0 Å². The number of aromatic nitrogens is 1. The molecule has 0 spiro atoms. The van der Waals surface area contributed by atoms with Gasteiger partial charge in [-0.1, -0.05) is 32.0 Å². The lowest BCUT2D eigenvalue weighted by molar-refractivity contribution is 0.379. The maximum Gasteiger partial charge on any atom is 0.0703 e. The number of rotatable bonds is 3. The zero-order chi connectivity index (χ0) is 13.9. The summed E-state index contributed by atoms with van der Waals surface area (Å²) >= 11 is 0. The van der Waals surface area contributed by atoms with E-state index in [-0.39, 0.29) is 0 Å². The van der Waals surface area contributed by atoms with Crippen molar-refractivity contribution in [2.24, 2.45) is 0 Å². The van der Waals surface area contributed by atoms with Crippen LogP contribution >= 0.6 is 0 Å². The summed E-state index contributed by atoms with van der Waals surface area (Å²) in [6.45, 7) is 6.66. The standard InChI is InChI=1S/C17H23N3/c1-3-14-12-20(15(4-2)10-18-14)16-9-13-7-5-6-8-17(13)19-11-16/h5-9,11,14-15,18H,3-4,10,12H2,1-2H3. The number of nitrogens with zero attached hydrogens (tertiary/aromatic N) is 2. The van der Waals surface area contributed by atoms with Gasteiger partial charge in [-0.3, -0.25) is 4.98 Å². The minimum absolute atomic E-state index is 0.570. The number of anilines is 1. The zero-order valence-corrected chi connectivity index (χ0v) is 12.3. The van der Waals surface area contributed by atoms with Gasteiger partial charge in [-0.25, -0.2) is 0 Å². The summed E-state index contributed by atoms with van der Waals surface area (Å²) in [6, 6.07) is 11.8. The Morgan fingerprint density at radius 2 is 2.10 bits per heavy atom. The van der Waals surface area contributed by atoms with Crippen molar-refractivity contribution in [3.05, 3.63) is 36.5 Å². The van der Waals surface area contributed by atoms with Crippen molar-refractivity contribution < 1.29 is 0 Å². The van der Waals surface area contributed by atoms with Crippen molar-refractivity contribution >= 4 is 16.6 Å². The number of hydrogen-bond acceptors (Lipinski definition) is 3. The molecular weight excluding hydrogens is 246 g/mol. The smallest absolute Gasteiger partial charge is 0.0703 e. The van der Waals surface area contributed by atoms with Gasteiger partial charge in [-0.05, 0) is 25.0 Å². The normalized spacial score (nSPS) is 23.2. The lowest BCUT2D eigenvalue weighted by Gasteiger charge is -2.41. The first-order chi connectivity index (χ1) is 9.81. The van der Waals surface area contributed by atoms with Crippen molar-refractivity contribution in [3.8, 4) is 0 Å². The van der Waals surface area contributed by atoms with Crippen LogP contribution in [0.2, 0.25) is 0 Å². The molecule has 1 aliphatic rings. The van der Waals surface area contributed by atoms with E-state index in [1.807, 2.05) is 12.3 Å². The van der Waals surface area contributed by atoms with E-state index < -0.39 is 0 Å². The van der Waals surface area contributed by atoms with Gasteiger partial charge in [0.2, 0.25) is 0 Å². The van der Waals surface area contributed by atoms with E-state index in [9.17, 15) is 0 Å². The summed E-state index contributed by atoms with van der Waals surface area (Å²) in [5, 5.41) is 4.87. The molecule has 2 unspecified atom stereocenters. The van der Waals surface area contributed by atoms with E-state index in [1.165, 1.54) is 17.5 Å². The molecule has 0 radical (unpaired) electrons. The second kappa shape index (κ2) is 5.80. The molecule has 0 saturated carbocycles. The van der Waals surface area contributed by atoms with Crippen LogP contribution < -0.4 is 10.2 Å². The third-order valence-electron chi connectivity index (χ3n) is 4.37. The highest BCUT2D eigenvalue weighted by Gasteiger charge is 2.26. The third kappa shape index (κ3) is 2.50. The molecule has 3 heteroatoms. The van der Waals surface area contributed by atoms with Gasteiger partial charge in [0.25, 0.3) is 0 Å². The average Bonchev–Trinajstić information content (AvgIpc) is 2.53. The third-order valence-corrected chi connectivity index (χ3v) is 4.37. The van der Waals surface area contributed by atoms with Gasteiger partial charge < -0.3 is 10.2 Å². The molecule has 1 saturated heterocycles. The number of nitrogens with one attached hydrogen (secondary N) is 1. The SMILES string of the molecule is CCC1CN(c2cnc3ccccc3c2)C(CC)CN1. The number of piperazine rings is 1. The molecule has 106 valence electrons. The minimum atomic E-state index is 0.570. The Morgan fingerprint density at radius 1 is 1.25 bits per heavy atom. The van der Waals surface area contributed by atoms with Gasteiger partial charge in [-0.15, -0.1) is 0 Å². The number of pyridine rings is 1. The Bertz CT molecular complexity index is 581. The van der Waals surface area contributed by atoms with E-state index in [2.05, 4.69) is 53.3 Å². The fourth-order valence-corrected chi connectivity index (χ4v) is 3.03. The topological polar surface area (TPSA) is 28.2 Å². The minimum Gasteiger partial charge on any atom is -0.364 e. The Hall–Kier alpha value is -1.61. The van der Waals surface area contributed by atoms with Crippen molar-refractivity contribution in [1.82, 2.24) is 10.3 Å². The molecule has 1 aromatic heterocycles. The lowest BCUT2D eigenvalue weighted by Crippen LogP contribution is -2.56. The molecule has 20 heavy (non-hydrogen) atoms. The predicted molar refractivity (Wildman–Crippen MR) is 85.2 cm³/mol. The molecule has 2 aromatic rings. The fourth-order valence-electron chi connectivity index (χ4n) is 3.03. The maximum atomic E-state index is 4.61. The molecule has 2 atom stereocenters. The van der Waals surface area contributed by atoms with Crippen LogP contribution in [0.25, 0.3) is 10.9 Å². The quantitative estimate of drug-likeness (QED) is 0.927. The highest BCUT2D eigenvalue weighted by Crippen LogP contribution is 2.24. The molecule has 0 aliphatic carbocycles. The number of hydrogen-bond donors (Lipinski definition) is 1. The summed E-state index contributed by atoms with van der Waals surface area (Å²) in [7, 11) is 0. The van der Waals surface area contributed by atoms with Crippen LogP contribution in [-0.2, 0) is 0 Å². The van der Waals surface area contributed by atoms with Gasteiger partial charge in [0.1, 0.15) is 0 Å². The molecule has 1 fully saturated rings. The Morgan fingerprint density at radius 3 is 2.90 bits per heavy atom. The predicted octanol–water partition coefficient (Wildman–Crippen LogP) is 3.20. The van der Waals surface area contributed by atoms with Crippen LogP contribution in [0.1, 0.15) is 26.7 Å². The molecule has 0 bridgehead atoms. The van der Waals surface area contributed by atoms with E-state index >= 15 is 0 Å². The van der Waals surface area contributed by atoms with Gasteiger partial charge in [0, 0.05) is 30.6 Å². The Kier molecular flexibility index (Phi) is 3.88. The van der Waals surface area contributed by atoms with Crippen molar-refractivity contribution in [2.45, 2.75) is 38.8 Å². The van der Waals surface area contributed by atoms with Crippen LogP contribution in [-0.4, -0.2) is 30.2 Å². The molecular formula is C17H23N3. The summed E-state index contributed by atoms with van der Waals surface area (Å²) in [6.07, 6.45) is 4.37. The molecule has 0 amide bonds. The lowest BCUT2D eigenvalue weighted by atomic mass is 10.0.